The molecule has 0 saturated heterocycles. The van der Waals surface area contributed by atoms with Crippen molar-refractivity contribution in [3.05, 3.63) is 0 Å². The zero-order chi connectivity index (χ0) is 9.40. The molecule has 0 spiro atoms. The van der Waals surface area contributed by atoms with Crippen LogP contribution < -0.4 is 5.32 Å². The lowest BCUT2D eigenvalue weighted by atomic mass is 10.4. The van der Waals surface area contributed by atoms with Crippen molar-refractivity contribution in [2.24, 2.45) is 0 Å². The standard InChI is InChI=1S/C8H20N2O2/c1-3-10(4-2)8(7-12)9-5-6-11/h8-9,11-12H,3-7H2,1-2H3. The first kappa shape index (κ1) is 11.8. The summed E-state index contributed by atoms with van der Waals surface area (Å²) in [5.74, 6) is 0. The highest BCUT2D eigenvalue weighted by Gasteiger charge is 2.12. The van der Waals surface area contributed by atoms with Crippen molar-refractivity contribution in [1.82, 2.24) is 10.2 Å². The average Bonchev–Trinajstić information content (AvgIpc) is 2.12. The van der Waals surface area contributed by atoms with Crippen LogP contribution in [0.4, 0.5) is 0 Å². The third kappa shape index (κ3) is 4.01. The van der Waals surface area contributed by atoms with Crippen molar-refractivity contribution in [1.29, 1.82) is 0 Å². The van der Waals surface area contributed by atoms with Gasteiger partial charge in [0.1, 0.15) is 0 Å². The van der Waals surface area contributed by atoms with E-state index in [0.717, 1.165) is 13.1 Å². The summed E-state index contributed by atoms with van der Waals surface area (Å²) in [6.07, 6.45) is -0.0212. The van der Waals surface area contributed by atoms with Crippen LogP contribution in [0.2, 0.25) is 0 Å². The topological polar surface area (TPSA) is 55.7 Å². The molecule has 0 saturated carbocycles. The molecule has 0 heterocycles. The molecule has 0 rings (SSSR count). The molecule has 3 N–H and O–H groups in total. The highest BCUT2D eigenvalue weighted by Crippen LogP contribution is 1.93. The molecule has 0 aliphatic rings. The first-order valence-corrected chi connectivity index (χ1v) is 4.49. The van der Waals surface area contributed by atoms with Gasteiger partial charge in [0.15, 0.2) is 0 Å². The number of aliphatic hydroxyl groups is 2. The van der Waals surface area contributed by atoms with Crippen molar-refractivity contribution in [3.63, 3.8) is 0 Å². The maximum Gasteiger partial charge on any atom is 0.0836 e. The molecule has 0 bridgehead atoms. The van der Waals surface area contributed by atoms with Crippen LogP contribution in [0.1, 0.15) is 13.8 Å². The van der Waals surface area contributed by atoms with E-state index < -0.39 is 0 Å². The largest absolute Gasteiger partial charge is 0.395 e. The van der Waals surface area contributed by atoms with Crippen LogP contribution >= 0.6 is 0 Å². The molecular formula is C8H20N2O2. The second-order valence-electron chi connectivity index (χ2n) is 2.60. The quantitative estimate of drug-likeness (QED) is 0.446. The van der Waals surface area contributed by atoms with Crippen molar-refractivity contribution in [2.45, 2.75) is 20.0 Å². The Hall–Kier alpha value is -0.160. The summed E-state index contributed by atoms with van der Waals surface area (Å²) in [6.45, 7) is 6.63. The van der Waals surface area contributed by atoms with E-state index >= 15 is 0 Å². The van der Waals surface area contributed by atoms with Gasteiger partial charge in [-0.2, -0.15) is 0 Å². The van der Waals surface area contributed by atoms with Crippen LogP contribution in [-0.4, -0.2) is 54.1 Å². The van der Waals surface area contributed by atoms with Gasteiger partial charge in [0, 0.05) is 6.54 Å². The van der Waals surface area contributed by atoms with Gasteiger partial charge in [-0.25, -0.2) is 0 Å². The molecule has 0 aromatic carbocycles. The Bertz CT molecular complexity index is 97.1. The molecule has 1 unspecified atom stereocenters. The van der Waals surface area contributed by atoms with Crippen molar-refractivity contribution in [3.8, 4) is 0 Å². The molecule has 0 fully saturated rings. The van der Waals surface area contributed by atoms with E-state index in [1.54, 1.807) is 0 Å². The summed E-state index contributed by atoms with van der Waals surface area (Å²) in [5.41, 5.74) is 0. The Morgan fingerprint density at radius 2 is 1.83 bits per heavy atom. The SMILES string of the molecule is CCN(CC)C(CO)NCCO. The van der Waals surface area contributed by atoms with Gasteiger partial charge in [-0.15, -0.1) is 0 Å². The lowest BCUT2D eigenvalue weighted by Gasteiger charge is -2.28. The Kier molecular flexibility index (Phi) is 7.39. The van der Waals surface area contributed by atoms with Gasteiger partial charge < -0.3 is 10.2 Å². The highest BCUT2D eigenvalue weighted by molar-refractivity contribution is 4.65. The minimum Gasteiger partial charge on any atom is -0.395 e. The van der Waals surface area contributed by atoms with Gasteiger partial charge in [-0.05, 0) is 13.1 Å². The summed E-state index contributed by atoms with van der Waals surface area (Å²) in [6, 6.07) is 0. The zero-order valence-corrected chi connectivity index (χ0v) is 7.95. The molecule has 74 valence electrons. The van der Waals surface area contributed by atoms with Crippen LogP contribution in [0, 0.1) is 0 Å². The molecule has 0 aromatic rings. The molecule has 0 aliphatic carbocycles. The zero-order valence-electron chi connectivity index (χ0n) is 7.95. The fourth-order valence-electron chi connectivity index (χ4n) is 1.20. The van der Waals surface area contributed by atoms with Crippen molar-refractivity contribution < 1.29 is 10.2 Å². The molecule has 0 radical (unpaired) electrons. The minimum absolute atomic E-state index is 0.0212. The first-order valence-electron chi connectivity index (χ1n) is 4.49. The van der Waals surface area contributed by atoms with Gasteiger partial charge >= 0.3 is 0 Å². The molecule has 0 aromatic heterocycles. The molecule has 12 heavy (non-hydrogen) atoms. The van der Waals surface area contributed by atoms with Crippen LogP contribution in [0.3, 0.4) is 0 Å². The third-order valence-corrected chi connectivity index (χ3v) is 1.92. The normalized spacial score (nSPS) is 13.8. The second-order valence-corrected chi connectivity index (χ2v) is 2.60. The summed E-state index contributed by atoms with van der Waals surface area (Å²) in [5, 5.41) is 20.6. The number of rotatable bonds is 7. The summed E-state index contributed by atoms with van der Waals surface area (Å²) in [4.78, 5) is 2.11. The molecule has 4 nitrogen and oxygen atoms in total. The number of hydrogen-bond donors (Lipinski definition) is 3. The third-order valence-electron chi connectivity index (χ3n) is 1.92. The second kappa shape index (κ2) is 7.49. The number of aliphatic hydroxyl groups excluding tert-OH is 2. The predicted octanol–water partition coefficient (Wildman–Crippen LogP) is -0.771. The van der Waals surface area contributed by atoms with E-state index in [2.05, 4.69) is 10.2 Å². The summed E-state index contributed by atoms with van der Waals surface area (Å²) < 4.78 is 0. The van der Waals surface area contributed by atoms with Crippen molar-refractivity contribution in [2.75, 3.05) is 32.8 Å². The van der Waals surface area contributed by atoms with Crippen LogP contribution in [-0.2, 0) is 0 Å². The first-order chi connectivity index (χ1) is 5.79. The monoisotopic (exact) mass is 176 g/mol. The predicted molar refractivity (Wildman–Crippen MR) is 48.9 cm³/mol. The van der Waals surface area contributed by atoms with E-state index in [9.17, 15) is 0 Å². The highest BCUT2D eigenvalue weighted by atomic mass is 16.3. The van der Waals surface area contributed by atoms with E-state index in [4.69, 9.17) is 10.2 Å². The van der Waals surface area contributed by atoms with Gasteiger partial charge in [0.25, 0.3) is 0 Å². The Labute approximate surface area is 74.2 Å². The average molecular weight is 176 g/mol. The van der Waals surface area contributed by atoms with Gasteiger partial charge in [-0.1, -0.05) is 13.8 Å². The minimum atomic E-state index is -0.0212. The molecular weight excluding hydrogens is 156 g/mol. The van der Waals surface area contributed by atoms with Crippen LogP contribution in [0.25, 0.3) is 0 Å². The lowest BCUT2D eigenvalue weighted by Crippen LogP contribution is -2.48. The Balaban J connectivity index is 3.75. The summed E-state index contributed by atoms with van der Waals surface area (Å²) >= 11 is 0. The lowest BCUT2D eigenvalue weighted by molar-refractivity contribution is 0.103. The molecule has 4 heteroatoms. The maximum atomic E-state index is 9.00. The van der Waals surface area contributed by atoms with Crippen molar-refractivity contribution >= 4 is 0 Å². The molecule has 0 aliphatic heterocycles. The van der Waals surface area contributed by atoms with E-state index in [-0.39, 0.29) is 19.4 Å². The van der Waals surface area contributed by atoms with Crippen LogP contribution in [0.15, 0.2) is 0 Å². The Morgan fingerprint density at radius 3 is 2.17 bits per heavy atom. The number of likely N-dealkylation sites (N-methyl/N-ethyl adjacent to an activating group) is 1. The van der Waals surface area contributed by atoms with Gasteiger partial charge in [0.2, 0.25) is 0 Å². The van der Waals surface area contributed by atoms with E-state index in [1.807, 2.05) is 13.8 Å². The van der Waals surface area contributed by atoms with Gasteiger partial charge in [-0.3, -0.25) is 10.2 Å². The smallest absolute Gasteiger partial charge is 0.0836 e. The van der Waals surface area contributed by atoms with Crippen LogP contribution in [0.5, 0.6) is 0 Å². The number of nitrogens with zero attached hydrogens (tertiary/aromatic N) is 1. The van der Waals surface area contributed by atoms with E-state index in [0.29, 0.717) is 6.54 Å². The fourth-order valence-corrected chi connectivity index (χ4v) is 1.20. The number of hydrogen-bond acceptors (Lipinski definition) is 4. The summed E-state index contributed by atoms with van der Waals surface area (Å²) in [7, 11) is 0. The maximum absolute atomic E-state index is 9.00. The Morgan fingerprint density at radius 1 is 1.25 bits per heavy atom. The fraction of sp³-hybridized carbons (Fsp3) is 1.00. The van der Waals surface area contributed by atoms with Gasteiger partial charge in [0.05, 0.1) is 19.4 Å². The van der Waals surface area contributed by atoms with E-state index in [1.165, 1.54) is 0 Å². The molecule has 0 amide bonds. The number of nitrogens with one attached hydrogen (secondary N) is 1. The molecule has 1 atom stereocenters.